The van der Waals surface area contributed by atoms with E-state index in [2.05, 4.69) is 0 Å². The molecule has 0 radical (unpaired) electrons. The molecule has 1 aromatic rings. The zero-order valence-electron chi connectivity index (χ0n) is 7.39. The van der Waals surface area contributed by atoms with Gasteiger partial charge in [0.25, 0.3) is 0 Å². The molecule has 2 nitrogen and oxygen atoms in total. The molecule has 13 heavy (non-hydrogen) atoms. The molecule has 0 spiro atoms. The molecule has 0 fully saturated rings. The highest BCUT2D eigenvalue weighted by atomic mass is 35.5. The maximum Gasteiger partial charge on any atom is 0.0458 e. The summed E-state index contributed by atoms with van der Waals surface area (Å²) >= 11 is 6.07. The highest BCUT2D eigenvalue weighted by Crippen LogP contribution is 2.36. The summed E-state index contributed by atoms with van der Waals surface area (Å²) in [5.41, 5.74) is 14.9. The summed E-state index contributed by atoms with van der Waals surface area (Å²) in [7, 11) is 0. The molecule has 1 aliphatic rings. The Hall–Kier alpha value is -0.730. The fraction of sp³-hybridized carbons (Fsp3) is 0.400. The van der Waals surface area contributed by atoms with Crippen LogP contribution in [0.5, 0.6) is 0 Å². The smallest absolute Gasteiger partial charge is 0.0458 e. The average Bonchev–Trinajstić information content (AvgIpc) is 2.12. The molecule has 1 aliphatic carbocycles. The van der Waals surface area contributed by atoms with Gasteiger partial charge in [0.1, 0.15) is 0 Å². The van der Waals surface area contributed by atoms with Crippen LogP contribution < -0.4 is 11.5 Å². The second-order valence-electron chi connectivity index (χ2n) is 3.53. The van der Waals surface area contributed by atoms with Crippen molar-refractivity contribution in [2.75, 3.05) is 5.73 Å². The molecule has 0 aromatic heterocycles. The van der Waals surface area contributed by atoms with Crippen LogP contribution in [0.4, 0.5) is 5.69 Å². The summed E-state index contributed by atoms with van der Waals surface area (Å²) in [6.45, 7) is 0. The van der Waals surface area contributed by atoms with E-state index in [4.69, 9.17) is 23.1 Å². The van der Waals surface area contributed by atoms with Crippen molar-refractivity contribution < 1.29 is 0 Å². The van der Waals surface area contributed by atoms with Crippen molar-refractivity contribution >= 4 is 17.3 Å². The van der Waals surface area contributed by atoms with Crippen LogP contribution in [0.2, 0.25) is 5.02 Å². The molecule has 70 valence electrons. The number of fused-ring (bicyclic) bond motifs is 1. The molecular weight excluding hydrogens is 184 g/mol. The molecular formula is C10H13ClN2. The van der Waals surface area contributed by atoms with Crippen LogP contribution in [-0.2, 0) is 6.42 Å². The molecule has 0 saturated heterocycles. The molecule has 1 aromatic carbocycles. The van der Waals surface area contributed by atoms with Crippen LogP contribution in [0.15, 0.2) is 12.1 Å². The maximum atomic E-state index is 6.07. The summed E-state index contributed by atoms with van der Waals surface area (Å²) in [6.07, 6.45) is 3.13. The minimum atomic E-state index is 0.0692. The number of anilines is 1. The van der Waals surface area contributed by atoms with Crippen molar-refractivity contribution in [3.8, 4) is 0 Å². The van der Waals surface area contributed by atoms with Gasteiger partial charge in [0, 0.05) is 16.8 Å². The van der Waals surface area contributed by atoms with Gasteiger partial charge in [-0.15, -0.1) is 0 Å². The van der Waals surface area contributed by atoms with Gasteiger partial charge in [0.2, 0.25) is 0 Å². The number of nitrogens with two attached hydrogens (primary N) is 2. The van der Waals surface area contributed by atoms with E-state index in [-0.39, 0.29) is 6.04 Å². The topological polar surface area (TPSA) is 52.0 Å². The van der Waals surface area contributed by atoms with Crippen LogP contribution in [0.3, 0.4) is 0 Å². The summed E-state index contributed by atoms with van der Waals surface area (Å²) < 4.78 is 0. The van der Waals surface area contributed by atoms with Gasteiger partial charge in [0.15, 0.2) is 0 Å². The second kappa shape index (κ2) is 3.20. The minimum Gasteiger partial charge on any atom is -0.398 e. The van der Waals surface area contributed by atoms with Crippen LogP contribution in [-0.4, -0.2) is 0 Å². The molecule has 2 rings (SSSR count). The number of benzene rings is 1. The van der Waals surface area contributed by atoms with Crippen molar-refractivity contribution in [2.24, 2.45) is 5.73 Å². The van der Waals surface area contributed by atoms with E-state index in [1.807, 2.05) is 12.1 Å². The number of hydrogen-bond donors (Lipinski definition) is 2. The lowest BCUT2D eigenvalue weighted by atomic mass is 9.87. The quantitative estimate of drug-likeness (QED) is 0.626. The Bertz CT molecular complexity index is 336. The monoisotopic (exact) mass is 196 g/mol. The highest BCUT2D eigenvalue weighted by molar-refractivity contribution is 6.31. The maximum absolute atomic E-state index is 6.07. The largest absolute Gasteiger partial charge is 0.398 e. The van der Waals surface area contributed by atoms with E-state index in [1.165, 1.54) is 0 Å². The Kier molecular flexibility index (Phi) is 2.18. The van der Waals surface area contributed by atoms with Gasteiger partial charge in [-0.1, -0.05) is 11.6 Å². The van der Waals surface area contributed by atoms with Crippen molar-refractivity contribution in [3.05, 3.63) is 28.3 Å². The normalized spacial score (nSPS) is 21.2. The van der Waals surface area contributed by atoms with Crippen LogP contribution in [0, 0.1) is 0 Å². The number of nitrogen functional groups attached to an aromatic ring is 1. The molecule has 0 saturated carbocycles. The van der Waals surface area contributed by atoms with Gasteiger partial charge >= 0.3 is 0 Å². The third-order valence-corrected chi connectivity index (χ3v) is 2.98. The van der Waals surface area contributed by atoms with E-state index in [0.29, 0.717) is 0 Å². The van der Waals surface area contributed by atoms with Crippen molar-refractivity contribution in [2.45, 2.75) is 25.3 Å². The van der Waals surface area contributed by atoms with Crippen molar-refractivity contribution in [1.29, 1.82) is 0 Å². The predicted octanol–water partition coefficient (Wildman–Crippen LogP) is 2.26. The van der Waals surface area contributed by atoms with Gasteiger partial charge < -0.3 is 11.5 Å². The lowest BCUT2D eigenvalue weighted by Crippen LogP contribution is -2.19. The summed E-state index contributed by atoms with van der Waals surface area (Å²) in [5, 5.41) is 0.761. The van der Waals surface area contributed by atoms with Crippen molar-refractivity contribution in [1.82, 2.24) is 0 Å². The fourth-order valence-electron chi connectivity index (χ4n) is 1.98. The Labute approximate surface area is 82.9 Å². The Morgan fingerprint density at radius 1 is 1.38 bits per heavy atom. The fourth-order valence-corrected chi connectivity index (χ4v) is 2.29. The van der Waals surface area contributed by atoms with E-state index in [0.717, 1.165) is 41.1 Å². The molecule has 3 heteroatoms. The molecule has 0 amide bonds. The van der Waals surface area contributed by atoms with Gasteiger partial charge in [-0.25, -0.2) is 0 Å². The van der Waals surface area contributed by atoms with Crippen LogP contribution in [0.1, 0.15) is 30.0 Å². The first-order valence-electron chi connectivity index (χ1n) is 4.52. The number of halogens is 1. The lowest BCUT2D eigenvalue weighted by Gasteiger charge is -2.24. The van der Waals surface area contributed by atoms with Gasteiger partial charge in [-0.3, -0.25) is 0 Å². The van der Waals surface area contributed by atoms with E-state index in [1.54, 1.807) is 0 Å². The van der Waals surface area contributed by atoms with E-state index in [9.17, 15) is 0 Å². The van der Waals surface area contributed by atoms with Gasteiger partial charge in [-0.2, -0.15) is 0 Å². The zero-order valence-corrected chi connectivity index (χ0v) is 8.14. The second-order valence-corrected chi connectivity index (χ2v) is 3.93. The summed E-state index contributed by atoms with van der Waals surface area (Å²) in [6, 6.07) is 3.76. The molecule has 1 atom stereocenters. The zero-order chi connectivity index (χ0) is 9.42. The molecule has 4 N–H and O–H groups in total. The van der Waals surface area contributed by atoms with Crippen molar-refractivity contribution in [3.63, 3.8) is 0 Å². The predicted molar refractivity (Wildman–Crippen MR) is 55.7 cm³/mol. The molecule has 0 aliphatic heterocycles. The first kappa shape index (κ1) is 8.85. The molecule has 0 unspecified atom stereocenters. The van der Waals surface area contributed by atoms with E-state index < -0.39 is 0 Å². The Morgan fingerprint density at radius 3 is 2.85 bits per heavy atom. The van der Waals surface area contributed by atoms with E-state index >= 15 is 0 Å². The summed E-state index contributed by atoms with van der Waals surface area (Å²) in [4.78, 5) is 0. The van der Waals surface area contributed by atoms with Crippen LogP contribution >= 0.6 is 11.6 Å². The van der Waals surface area contributed by atoms with Crippen LogP contribution in [0.25, 0.3) is 0 Å². The average molecular weight is 197 g/mol. The third-order valence-electron chi connectivity index (χ3n) is 2.65. The Balaban J connectivity index is 2.60. The molecule has 0 bridgehead atoms. The van der Waals surface area contributed by atoms with Gasteiger partial charge in [0.05, 0.1) is 0 Å². The SMILES string of the molecule is Nc1ccc(Cl)c2c1CCC[C@H]2N. The highest BCUT2D eigenvalue weighted by Gasteiger charge is 2.21. The number of rotatable bonds is 0. The lowest BCUT2D eigenvalue weighted by molar-refractivity contribution is 0.572. The summed E-state index contributed by atoms with van der Waals surface area (Å²) in [5.74, 6) is 0. The molecule has 0 heterocycles. The minimum absolute atomic E-state index is 0.0692. The Morgan fingerprint density at radius 2 is 2.15 bits per heavy atom. The standard InChI is InChI=1S/C10H13ClN2/c11-7-4-5-8(12)6-2-1-3-9(13)10(6)7/h4-5,9H,1-3,12-13H2/t9-/m1/s1. The number of hydrogen-bond acceptors (Lipinski definition) is 2. The van der Waals surface area contributed by atoms with Gasteiger partial charge in [-0.05, 0) is 42.5 Å². The third kappa shape index (κ3) is 1.40. The first-order chi connectivity index (χ1) is 6.20. The first-order valence-corrected chi connectivity index (χ1v) is 4.90.